The van der Waals surface area contributed by atoms with Gasteiger partial charge in [-0.1, -0.05) is 0 Å². The molecule has 1 atom stereocenters. The van der Waals surface area contributed by atoms with Gasteiger partial charge in [-0.15, -0.1) is 0 Å². The fraction of sp³-hybridized carbons (Fsp3) is 0.800. The lowest BCUT2D eigenvalue weighted by Crippen LogP contribution is -1.98. The molecule has 0 spiro atoms. The van der Waals surface area contributed by atoms with Crippen LogP contribution in [-0.2, 0) is 4.79 Å². The third-order valence-corrected chi connectivity index (χ3v) is 1.20. The number of rotatable bonds is 3. The van der Waals surface area contributed by atoms with Gasteiger partial charge in [0.15, 0.2) is 0 Å². The predicted octanol–water partition coefficient (Wildman–Crippen LogP) is -0.177. The second-order valence-corrected chi connectivity index (χ2v) is 2.04. The Labute approximate surface area is 47.7 Å². The van der Waals surface area contributed by atoms with Gasteiger partial charge in [0.1, 0.15) is 0 Å². The first-order chi connectivity index (χ1) is 3.79. The first-order valence-electron chi connectivity index (χ1n) is 2.74. The van der Waals surface area contributed by atoms with E-state index in [0.29, 0.717) is 12.5 Å². The topological polar surface area (TPSA) is 59.2 Å². The molecule has 0 saturated carbocycles. The quantitative estimate of drug-likeness (QED) is 0.502. The van der Waals surface area contributed by atoms with Crippen molar-refractivity contribution in [1.29, 1.82) is 0 Å². The minimum absolute atomic E-state index is 0.303. The van der Waals surface area contributed by atoms with Gasteiger partial charge in [-0.25, -0.2) is 0 Å². The Morgan fingerprint density at radius 1 is 1.88 bits per heavy atom. The molecule has 3 nitrogen and oxygen atoms in total. The monoisotopic (exact) mass is 115 g/mol. The van der Waals surface area contributed by atoms with Gasteiger partial charge in [0, 0.05) is 19.0 Å². The highest BCUT2D eigenvalue weighted by Gasteiger charge is 2.19. The first kappa shape index (κ1) is 5.56. The molecule has 0 bridgehead atoms. The zero-order valence-corrected chi connectivity index (χ0v) is 4.55. The zero-order chi connectivity index (χ0) is 5.98. The molecule has 0 amide bonds. The summed E-state index contributed by atoms with van der Waals surface area (Å²) in [6.07, 6.45) is 1.09. The molecule has 8 heavy (non-hydrogen) atoms. The predicted molar refractivity (Wildman–Crippen MR) is 28.7 cm³/mol. The average Bonchev–Trinajstić information content (AvgIpc) is 2.41. The summed E-state index contributed by atoms with van der Waals surface area (Å²) in [7, 11) is 0. The van der Waals surface area contributed by atoms with Crippen molar-refractivity contribution in [3.8, 4) is 0 Å². The molecule has 1 unspecified atom stereocenters. The van der Waals surface area contributed by atoms with Crippen LogP contribution < -0.4 is 5.32 Å². The number of hydrogen-bond donors (Lipinski definition) is 2. The van der Waals surface area contributed by atoms with Crippen LogP contribution in [0.1, 0.15) is 12.8 Å². The van der Waals surface area contributed by atoms with Gasteiger partial charge in [-0.3, -0.25) is 4.79 Å². The van der Waals surface area contributed by atoms with Gasteiger partial charge in [0.05, 0.1) is 0 Å². The van der Waals surface area contributed by atoms with Crippen LogP contribution >= 0.6 is 0 Å². The molecule has 0 aromatic heterocycles. The molecule has 1 fully saturated rings. The van der Waals surface area contributed by atoms with Crippen molar-refractivity contribution in [1.82, 2.24) is 5.32 Å². The molecule has 46 valence electrons. The van der Waals surface area contributed by atoms with E-state index in [1.165, 1.54) is 0 Å². The Hall–Kier alpha value is -0.570. The van der Waals surface area contributed by atoms with E-state index in [0.717, 1.165) is 13.0 Å². The van der Waals surface area contributed by atoms with E-state index in [9.17, 15) is 4.79 Å². The van der Waals surface area contributed by atoms with Gasteiger partial charge in [-0.05, 0) is 6.42 Å². The van der Waals surface area contributed by atoms with Crippen LogP contribution in [0.25, 0.3) is 0 Å². The summed E-state index contributed by atoms with van der Waals surface area (Å²) in [5.41, 5.74) is 0. The SMILES string of the molecule is O=C(O)CCC1CN1. The van der Waals surface area contributed by atoms with Crippen molar-refractivity contribution in [2.24, 2.45) is 0 Å². The molecule has 1 saturated heterocycles. The van der Waals surface area contributed by atoms with Crippen LogP contribution in [0.2, 0.25) is 0 Å². The maximum absolute atomic E-state index is 9.90. The van der Waals surface area contributed by atoms with Crippen LogP contribution in [0.15, 0.2) is 0 Å². The Kier molecular flexibility index (Phi) is 1.48. The van der Waals surface area contributed by atoms with Crippen molar-refractivity contribution in [3.63, 3.8) is 0 Å². The van der Waals surface area contributed by atoms with Crippen LogP contribution in [0.5, 0.6) is 0 Å². The fourth-order valence-electron chi connectivity index (χ4n) is 0.585. The summed E-state index contributed by atoms with van der Waals surface area (Å²) in [4.78, 5) is 9.90. The van der Waals surface area contributed by atoms with Crippen molar-refractivity contribution in [2.45, 2.75) is 18.9 Å². The largest absolute Gasteiger partial charge is 0.481 e. The zero-order valence-electron chi connectivity index (χ0n) is 4.55. The fourth-order valence-corrected chi connectivity index (χ4v) is 0.585. The molecule has 0 radical (unpaired) electrons. The van der Waals surface area contributed by atoms with Gasteiger partial charge >= 0.3 is 5.97 Å². The summed E-state index contributed by atoms with van der Waals surface area (Å²) in [5, 5.41) is 11.2. The number of hydrogen-bond acceptors (Lipinski definition) is 2. The summed E-state index contributed by atoms with van der Waals surface area (Å²) in [5.74, 6) is -0.696. The summed E-state index contributed by atoms with van der Waals surface area (Å²) in [6.45, 7) is 1.01. The van der Waals surface area contributed by atoms with Gasteiger partial charge in [0.25, 0.3) is 0 Å². The molecule has 1 aliphatic rings. The Balaban J connectivity index is 1.95. The second kappa shape index (κ2) is 2.13. The van der Waals surface area contributed by atoms with Crippen molar-refractivity contribution < 1.29 is 9.90 Å². The number of carbonyl (C=O) groups is 1. The molecular formula is C5H9NO2. The van der Waals surface area contributed by atoms with Crippen molar-refractivity contribution >= 4 is 5.97 Å². The molecule has 0 aromatic carbocycles. The molecule has 1 aliphatic heterocycles. The van der Waals surface area contributed by atoms with Crippen molar-refractivity contribution in [2.75, 3.05) is 6.54 Å². The van der Waals surface area contributed by atoms with Crippen molar-refractivity contribution in [3.05, 3.63) is 0 Å². The minimum atomic E-state index is -0.696. The van der Waals surface area contributed by atoms with Crippen LogP contribution in [0.4, 0.5) is 0 Å². The van der Waals surface area contributed by atoms with Gasteiger partial charge < -0.3 is 10.4 Å². The summed E-state index contributed by atoms with van der Waals surface area (Å²) >= 11 is 0. The van der Waals surface area contributed by atoms with E-state index < -0.39 is 5.97 Å². The third-order valence-electron chi connectivity index (χ3n) is 1.20. The highest BCUT2D eigenvalue weighted by atomic mass is 16.4. The number of carboxylic acids is 1. The number of aliphatic carboxylic acids is 1. The lowest BCUT2D eigenvalue weighted by molar-refractivity contribution is -0.137. The molecular weight excluding hydrogens is 106 g/mol. The normalized spacial score (nSPS) is 25.2. The minimum Gasteiger partial charge on any atom is -0.481 e. The molecule has 3 heteroatoms. The first-order valence-corrected chi connectivity index (χ1v) is 2.74. The lowest BCUT2D eigenvalue weighted by Gasteiger charge is -1.87. The van der Waals surface area contributed by atoms with E-state index in [1.54, 1.807) is 0 Å². The number of nitrogens with one attached hydrogen (secondary N) is 1. The lowest BCUT2D eigenvalue weighted by atomic mass is 10.2. The second-order valence-electron chi connectivity index (χ2n) is 2.04. The molecule has 1 rings (SSSR count). The van der Waals surface area contributed by atoms with E-state index >= 15 is 0 Å². The van der Waals surface area contributed by atoms with Gasteiger partial charge in [0.2, 0.25) is 0 Å². The third kappa shape index (κ3) is 1.93. The average molecular weight is 115 g/mol. The standard InChI is InChI=1S/C5H9NO2/c7-5(8)2-1-4-3-6-4/h4,6H,1-3H2,(H,7,8). The Morgan fingerprint density at radius 3 is 2.88 bits per heavy atom. The van der Waals surface area contributed by atoms with Crippen LogP contribution in [0.3, 0.4) is 0 Å². The molecule has 0 aromatic rings. The Bertz CT molecular complexity index is 98.6. The summed E-state index contributed by atoms with van der Waals surface area (Å²) in [6, 6.07) is 0.506. The maximum Gasteiger partial charge on any atom is 0.303 e. The van der Waals surface area contributed by atoms with Crippen LogP contribution in [-0.4, -0.2) is 23.7 Å². The van der Waals surface area contributed by atoms with E-state index in [-0.39, 0.29) is 0 Å². The maximum atomic E-state index is 9.90. The van der Waals surface area contributed by atoms with E-state index in [1.807, 2.05) is 0 Å². The smallest absolute Gasteiger partial charge is 0.303 e. The van der Waals surface area contributed by atoms with Gasteiger partial charge in [-0.2, -0.15) is 0 Å². The molecule has 1 heterocycles. The summed E-state index contributed by atoms with van der Waals surface area (Å²) < 4.78 is 0. The van der Waals surface area contributed by atoms with E-state index in [2.05, 4.69) is 5.32 Å². The van der Waals surface area contributed by atoms with E-state index in [4.69, 9.17) is 5.11 Å². The molecule has 2 N–H and O–H groups in total. The number of carboxylic acid groups (broad SMARTS) is 1. The highest BCUT2D eigenvalue weighted by Crippen LogP contribution is 2.04. The molecule has 0 aliphatic carbocycles. The van der Waals surface area contributed by atoms with Crippen LogP contribution in [0, 0.1) is 0 Å². The highest BCUT2D eigenvalue weighted by molar-refractivity contribution is 5.66. The Morgan fingerprint density at radius 2 is 2.50 bits per heavy atom.